The van der Waals surface area contributed by atoms with E-state index in [-0.39, 0.29) is 30.2 Å². The van der Waals surface area contributed by atoms with Gasteiger partial charge in [-0.2, -0.15) is 4.90 Å². The molecule has 1 aliphatic heterocycles. The lowest BCUT2D eigenvalue weighted by Gasteiger charge is -2.55. The number of Topliss-reactive ketones (excluding diaryl/α,β-unsaturated/α-hetero) is 1. The van der Waals surface area contributed by atoms with E-state index < -0.39 is 52.8 Å². The number of benzene rings is 4. The Balaban J connectivity index is 1.45. The van der Waals surface area contributed by atoms with Crippen LogP contribution in [0.15, 0.2) is 115 Å². The first-order chi connectivity index (χ1) is 22.7. The van der Waals surface area contributed by atoms with Crippen LogP contribution in [-0.4, -0.2) is 39.4 Å². The number of carbonyl (C=O) groups is 5. The molecule has 4 aliphatic rings. The zero-order valence-corrected chi connectivity index (χ0v) is 25.2. The lowest BCUT2D eigenvalue weighted by molar-refractivity contribution is -0.137. The first kappa shape index (κ1) is 28.8. The number of hydrogen-bond donors (Lipinski definition) is 2. The number of hydrogen-bond acceptors (Lipinski definition) is 6. The van der Waals surface area contributed by atoms with Gasteiger partial charge >= 0.3 is 6.03 Å². The van der Waals surface area contributed by atoms with Crippen molar-refractivity contribution in [2.45, 2.75) is 24.2 Å². The van der Waals surface area contributed by atoms with Crippen LogP contribution >= 0.6 is 0 Å². The van der Waals surface area contributed by atoms with E-state index in [9.17, 15) is 24.3 Å². The molecular formula is C39H30N2O6. The molecule has 0 radical (unpaired) electrons. The molecule has 1 saturated heterocycles. The van der Waals surface area contributed by atoms with E-state index in [1.54, 1.807) is 30.3 Å². The summed E-state index contributed by atoms with van der Waals surface area (Å²) < 4.78 is 0. The van der Waals surface area contributed by atoms with Crippen LogP contribution in [0.1, 0.15) is 35.4 Å². The van der Waals surface area contributed by atoms with E-state index in [1.165, 1.54) is 6.08 Å². The number of rotatable bonds is 3. The van der Waals surface area contributed by atoms with Gasteiger partial charge in [0.15, 0.2) is 11.6 Å². The van der Waals surface area contributed by atoms with Crippen molar-refractivity contribution < 1.29 is 29.1 Å². The highest BCUT2D eigenvalue weighted by molar-refractivity contribution is 6.32. The Morgan fingerprint density at radius 1 is 0.787 bits per heavy atom. The molecule has 0 spiro atoms. The minimum absolute atomic E-state index is 0.0747. The van der Waals surface area contributed by atoms with Gasteiger partial charge in [0.1, 0.15) is 5.75 Å². The molecule has 4 amide bonds. The highest BCUT2D eigenvalue weighted by atomic mass is 16.3. The van der Waals surface area contributed by atoms with Crippen LogP contribution < -0.4 is 5.73 Å². The number of urea groups is 1. The summed E-state index contributed by atoms with van der Waals surface area (Å²) >= 11 is 0. The van der Waals surface area contributed by atoms with Gasteiger partial charge in [0.25, 0.3) is 0 Å². The normalized spacial score (nSPS) is 28.3. The third kappa shape index (κ3) is 3.91. The second kappa shape index (κ2) is 10.5. The molecule has 8 rings (SSSR count). The summed E-state index contributed by atoms with van der Waals surface area (Å²) in [5.74, 6) is -5.68. The summed E-state index contributed by atoms with van der Waals surface area (Å²) in [7, 11) is 0. The van der Waals surface area contributed by atoms with E-state index in [1.807, 2.05) is 72.8 Å². The van der Waals surface area contributed by atoms with Gasteiger partial charge in [-0.1, -0.05) is 103 Å². The van der Waals surface area contributed by atoms with Gasteiger partial charge < -0.3 is 10.8 Å². The summed E-state index contributed by atoms with van der Waals surface area (Å²) in [6, 6.07) is 28.0. The number of primary amides is 1. The highest BCUT2D eigenvalue weighted by Gasteiger charge is 2.66. The Bertz CT molecular complexity index is 2100. The molecule has 0 bridgehead atoms. The van der Waals surface area contributed by atoms with Gasteiger partial charge in [-0.15, -0.1) is 0 Å². The number of likely N-dealkylation sites (tertiary alicyclic amines) is 1. The number of allylic oxidation sites excluding steroid dienone is 4. The third-order valence-electron chi connectivity index (χ3n) is 10.8. The quantitative estimate of drug-likeness (QED) is 0.231. The second-order valence-corrected chi connectivity index (χ2v) is 12.9. The van der Waals surface area contributed by atoms with Crippen LogP contribution in [0.25, 0.3) is 16.3 Å². The molecule has 1 saturated carbocycles. The van der Waals surface area contributed by atoms with E-state index in [2.05, 4.69) is 0 Å². The molecule has 2 fully saturated rings. The summed E-state index contributed by atoms with van der Waals surface area (Å²) in [6.45, 7) is 0. The molecule has 6 atom stereocenters. The number of nitrogens with zero attached hydrogens (tertiary/aromatic N) is 1. The predicted octanol–water partition coefficient (Wildman–Crippen LogP) is 5.45. The van der Waals surface area contributed by atoms with Crippen LogP contribution in [0, 0.1) is 23.7 Å². The van der Waals surface area contributed by atoms with Crippen LogP contribution in [0.3, 0.4) is 0 Å². The summed E-state index contributed by atoms with van der Waals surface area (Å²) in [4.78, 5) is 70.2. The molecule has 6 unspecified atom stereocenters. The Morgan fingerprint density at radius 3 is 2.15 bits per heavy atom. The monoisotopic (exact) mass is 622 g/mol. The number of nitrogens with two attached hydrogens (primary N) is 1. The molecule has 4 aromatic carbocycles. The molecule has 8 nitrogen and oxygen atoms in total. The number of ketones is 2. The van der Waals surface area contributed by atoms with Crippen molar-refractivity contribution in [1.29, 1.82) is 0 Å². The third-order valence-corrected chi connectivity index (χ3v) is 10.8. The molecule has 8 heteroatoms. The van der Waals surface area contributed by atoms with Crippen molar-refractivity contribution in [1.82, 2.24) is 4.90 Å². The SMILES string of the molecule is NC(=O)N1C(=O)C2CC=C3C(CC4C(=O)C(c5ccccc5)=CC(=O)C4(c4ccccc4)C3c3ccc(O)c4ccccc34)C2C1=O. The van der Waals surface area contributed by atoms with Gasteiger partial charge in [-0.25, -0.2) is 4.79 Å². The number of carbonyl (C=O) groups excluding carboxylic acids is 5. The highest BCUT2D eigenvalue weighted by Crippen LogP contribution is 2.64. The van der Waals surface area contributed by atoms with Crippen molar-refractivity contribution in [3.05, 3.63) is 131 Å². The Kier molecular flexibility index (Phi) is 6.41. The molecular weight excluding hydrogens is 592 g/mol. The molecule has 3 N–H and O–H groups in total. The van der Waals surface area contributed by atoms with Crippen LogP contribution in [-0.2, 0) is 24.6 Å². The Morgan fingerprint density at radius 2 is 1.45 bits per heavy atom. The van der Waals surface area contributed by atoms with Crippen molar-refractivity contribution in [3.63, 3.8) is 0 Å². The number of phenols is 1. The van der Waals surface area contributed by atoms with E-state index in [0.29, 0.717) is 32.4 Å². The molecule has 1 heterocycles. The molecule has 0 aromatic heterocycles. The first-order valence-corrected chi connectivity index (χ1v) is 15.7. The Labute approximate surface area is 270 Å². The molecule has 232 valence electrons. The number of aromatic hydroxyl groups is 1. The fraction of sp³-hybridized carbons (Fsp3) is 0.205. The number of phenolic OH excluding ortho intramolecular Hbond substituents is 1. The van der Waals surface area contributed by atoms with Crippen molar-refractivity contribution in [3.8, 4) is 5.75 Å². The smallest absolute Gasteiger partial charge is 0.328 e. The van der Waals surface area contributed by atoms with E-state index in [0.717, 1.165) is 11.1 Å². The largest absolute Gasteiger partial charge is 0.507 e. The average molecular weight is 623 g/mol. The van der Waals surface area contributed by atoms with Gasteiger partial charge in [0, 0.05) is 22.8 Å². The molecule has 3 aliphatic carbocycles. The van der Waals surface area contributed by atoms with Crippen LogP contribution in [0.5, 0.6) is 5.75 Å². The van der Waals surface area contributed by atoms with Crippen LogP contribution in [0.2, 0.25) is 0 Å². The lowest BCUT2D eigenvalue weighted by atomic mass is 9.44. The minimum atomic E-state index is -1.40. The van der Waals surface area contributed by atoms with Crippen molar-refractivity contribution in [2.75, 3.05) is 0 Å². The van der Waals surface area contributed by atoms with Gasteiger partial charge in [0.05, 0.1) is 17.3 Å². The zero-order valence-electron chi connectivity index (χ0n) is 25.2. The average Bonchev–Trinajstić information content (AvgIpc) is 3.36. The topological polar surface area (TPSA) is 135 Å². The maximum Gasteiger partial charge on any atom is 0.328 e. The summed E-state index contributed by atoms with van der Waals surface area (Å²) in [6.07, 6.45) is 3.71. The summed E-state index contributed by atoms with van der Waals surface area (Å²) in [5.41, 5.74) is 7.20. The van der Waals surface area contributed by atoms with Gasteiger partial charge in [-0.3, -0.25) is 19.2 Å². The minimum Gasteiger partial charge on any atom is -0.507 e. The number of fused-ring (bicyclic) bond motifs is 5. The molecule has 47 heavy (non-hydrogen) atoms. The lowest BCUT2D eigenvalue weighted by Crippen LogP contribution is -2.58. The summed E-state index contributed by atoms with van der Waals surface area (Å²) in [5, 5.41) is 12.2. The second-order valence-electron chi connectivity index (χ2n) is 12.9. The van der Waals surface area contributed by atoms with Crippen molar-refractivity contribution >= 4 is 45.8 Å². The van der Waals surface area contributed by atoms with Crippen LogP contribution in [0.4, 0.5) is 4.79 Å². The fourth-order valence-electron chi connectivity index (χ4n) is 8.99. The predicted molar refractivity (Wildman–Crippen MR) is 174 cm³/mol. The van der Waals surface area contributed by atoms with Gasteiger partial charge in [-0.05, 0) is 53.0 Å². The fourth-order valence-corrected chi connectivity index (χ4v) is 8.99. The number of imide groups is 3. The Hall–Kier alpha value is -5.63. The van der Waals surface area contributed by atoms with E-state index >= 15 is 4.79 Å². The maximum atomic E-state index is 15.1. The maximum absolute atomic E-state index is 15.1. The van der Waals surface area contributed by atoms with Gasteiger partial charge in [0.2, 0.25) is 11.8 Å². The number of amides is 4. The van der Waals surface area contributed by atoms with Crippen molar-refractivity contribution in [2.24, 2.45) is 29.4 Å². The van der Waals surface area contributed by atoms with E-state index in [4.69, 9.17) is 5.73 Å². The molecule has 4 aromatic rings. The standard InChI is InChI=1S/C39H30N2O6/c40-38(47)41-36(45)27-16-15-26-29(33(27)37(41)46)19-30-35(44)28(21-9-3-1-4-10-21)20-32(43)39(30,22-11-5-2-6-12-22)34(26)25-17-18-31(42)24-14-8-7-13-23(24)25/h1-15,17-18,20,27,29-30,33-34,42H,16,19H2,(H2,40,47). The zero-order chi connectivity index (χ0) is 32.6. The first-order valence-electron chi connectivity index (χ1n) is 15.7.